The van der Waals surface area contributed by atoms with E-state index in [1.165, 1.54) is 30.4 Å². The molecule has 0 radical (unpaired) electrons. The fraction of sp³-hybridized carbons (Fsp3) is 0.500. The molecule has 2 heterocycles. The van der Waals surface area contributed by atoms with Crippen molar-refractivity contribution in [2.45, 2.75) is 31.3 Å². The van der Waals surface area contributed by atoms with Gasteiger partial charge in [0.05, 0.1) is 7.11 Å². The molecule has 14 heavy (non-hydrogen) atoms. The van der Waals surface area contributed by atoms with Gasteiger partial charge in [0.15, 0.2) is 0 Å². The van der Waals surface area contributed by atoms with Crippen LogP contribution in [0.3, 0.4) is 0 Å². The fourth-order valence-electron chi connectivity index (χ4n) is 2.72. The van der Waals surface area contributed by atoms with E-state index in [1.54, 1.807) is 7.11 Å². The third kappa shape index (κ3) is 1.14. The summed E-state index contributed by atoms with van der Waals surface area (Å²) in [6, 6.07) is 7.79. The highest BCUT2D eigenvalue weighted by molar-refractivity contribution is 5.40. The van der Waals surface area contributed by atoms with Crippen molar-refractivity contribution in [1.82, 2.24) is 5.32 Å². The normalized spacial score (nSPS) is 28.6. The Bertz CT molecular complexity index is 361. The molecular weight excluding hydrogens is 174 g/mol. The van der Waals surface area contributed by atoms with E-state index in [9.17, 15) is 0 Å². The fourth-order valence-corrected chi connectivity index (χ4v) is 2.72. The molecule has 2 aliphatic heterocycles. The molecule has 1 N–H and O–H groups in total. The number of methoxy groups -OCH3 is 1. The number of benzene rings is 1. The minimum absolute atomic E-state index is 0.606. The Morgan fingerprint density at radius 2 is 2.29 bits per heavy atom. The zero-order valence-electron chi connectivity index (χ0n) is 8.42. The molecule has 0 spiro atoms. The smallest absolute Gasteiger partial charge is 0.119 e. The van der Waals surface area contributed by atoms with Crippen molar-refractivity contribution in [2.75, 3.05) is 7.11 Å². The topological polar surface area (TPSA) is 21.3 Å². The maximum atomic E-state index is 5.25. The average Bonchev–Trinajstić information content (AvgIpc) is 2.61. The van der Waals surface area contributed by atoms with E-state index in [-0.39, 0.29) is 0 Å². The Morgan fingerprint density at radius 3 is 3.14 bits per heavy atom. The molecule has 0 amide bonds. The van der Waals surface area contributed by atoms with E-state index in [2.05, 4.69) is 23.5 Å². The summed E-state index contributed by atoms with van der Waals surface area (Å²) in [6.07, 6.45) is 3.79. The Kier molecular flexibility index (Phi) is 1.77. The lowest BCUT2D eigenvalue weighted by molar-refractivity contribution is 0.412. The van der Waals surface area contributed by atoms with Crippen LogP contribution < -0.4 is 10.1 Å². The van der Waals surface area contributed by atoms with E-state index in [1.807, 2.05) is 0 Å². The lowest BCUT2D eigenvalue weighted by Gasteiger charge is -2.24. The van der Waals surface area contributed by atoms with E-state index in [0.29, 0.717) is 12.1 Å². The summed E-state index contributed by atoms with van der Waals surface area (Å²) in [6.45, 7) is 0. The summed E-state index contributed by atoms with van der Waals surface area (Å²) in [4.78, 5) is 0. The molecule has 2 aliphatic rings. The summed E-state index contributed by atoms with van der Waals surface area (Å²) in [5.41, 5.74) is 2.97. The van der Waals surface area contributed by atoms with Crippen LogP contribution in [0.4, 0.5) is 0 Å². The minimum Gasteiger partial charge on any atom is -0.497 e. The van der Waals surface area contributed by atoms with Gasteiger partial charge in [-0.25, -0.2) is 0 Å². The van der Waals surface area contributed by atoms with Gasteiger partial charge in [-0.3, -0.25) is 0 Å². The maximum absolute atomic E-state index is 5.25. The van der Waals surface area contributed by atoms with Crippen molar-refractivity contribution in [3.05, 3.63) is 29.3 Å². The van der Waals surface area contributed by atoms with Crippen LogP contribution in [-0.2, 0) is 6.42 Å². The molecular formula is C12H15NO. The molecule has 2 nitrogen and oxygen atoms in total. The minimum atomic E-state index is 0.606. The highest BCUT2D eigenvalue weighted by atomic mass is 16.5. The zero-order chi connectivity index (χ0) is 9.54. The molecule has 2 unspecified atom stereocenters. The van der Waals surface area contributed by atoms with Crippen molar-refractivity contribution in [1.29, 1.82) is 0 Å². The molecule has 1 saturated heterocycles. The second kappa shape index (κ2) is 2.99. The summed E-state index contributed by atoms with van der Waals surface area (Å²) in [5.74, 6) is 0.991. The Hall–Kier alpha value is -1.02. The van der Waals surface area contributed by atoms with E-state index in [4.69, 9.17) is 4.74 Å². The van der Waals surface area contributed by atoms with Crippen molar-refractivity contribution in [2.24, 2.45) is 0 Å². The molecule has 1 aromatic carbocycles. The zero-order valence-corrected chi connectivity index (χ0v) is 8.42. The molecule has 0 aliphatic carbocycles. The number of ether oxygens (including phenoxy) is 1. The van der Waals surface area contributed by atoms with Gasteiger partial charge < -0.3 is 10.1 Å². The van der Waals surface area contributed by atoms with Gasteiger partial charge in [0.1, 0.15) is 5.75 Å². The highest BCUT2D eigenvalue weighted by Crippen LogP contribution is 2.37. The Morgan fingerprint density at radius 1 is 1.36 bits per heavy atom. The van der Waals surface area contributed by atoms with Gasteiger partial charge in [0, 0.05) is 12.1 Å². The highest BCUT2D eigenvalue weighted by Gasteiger charge is 2.31. The van der Waals surface area contributed by atoms with Gasteiger partial charge in [0.25, 0.3) is 0 Å². The molecule has 3 rings (SSSR count). The molecule has 74 valence electrons. The average molecular weight is 189 g/mol. The first-order chi connectivity index (χ1) is 6.86. The third-order valence-electron chi connectivity index (χ3n) is 3.43. The number of fused-ring (bicyclic) bond motifs is 4. The van der Waals surface area contributed by atoms with Crippen LogP contribution in [0.2, 0.25) is 0 Å². The van der Waals surface area contributed by atoms with Crippen molar-refractivity contribution >= 4 is 0 Å². The van der Waals surface area contributed by atoms with Crippen LogP contribution in [0.25, 0.3) is 0 Å². The molecule has 0 aromatic heterocycles. The first-order valence-electron chi connectivity index (χ1n) is 5.29. The van der Waals surface area contributed by atoms with Crippen LogP contribution in [0, 0.1) is 0 Å². The Labute approximate surface area is 84.3 Å². The molecule has 1 aromatic rings. The van der Waals surface area contributed by atoms with Crippen LogP contribution in [0.5, 0.6) is 5.75 Å². The first-order valence-corrected chi connectivity index (χ1v) is 5.29. The molecule has 2 bridgehead atoms. The van der Waals surface area contributed by atoms with Gasteiger partial charge in [-0.1, -0.05) is 6.07 Å². The van der Waals surface area contributed by atoms with Crippen LogP contribution in [0.1, 0.15) is 30.0 Å². The third-order valence-corrected chi connectivity index (χ3v) is 3.43. The molecule has 1 fully saturated rings. The second-order valence-corrected chi connectivity index (χ2v) is 4.26. The van der Waals surface area contributed by atoms with Crippen LogP contribution in [-0.4, -0.2) is 13.2 Å². The van der Waals surface area contributed by atoms with Gasteiger partial charge in [-0.2, -0.15) is 0 Å². The van der Waals surface area contributed by atoms with Gasteiger partial charge in [0.2, 0.25) is 0 Å². The van der Waals surface area contributed by atoms with Gasteiger partial charge >= 0.3 is 0 Å². The van der Waals surface area contributed by atoms with Gasteiger partial charge in [-0.05, 0) is 42.5 Å². The maximum Gasteiger partial charge on any atom is 0.119 e. The predicted molar refractivity (Wildman–Crippen MR) is 55.6 cm³/mol. The standard InChI is InChI=1S/C12H15NO/c1-14-10-3-4-11-8(7-10)6-9-2-5-12(11)13-9/h3-4,7,9,12-13H,2,5-6H2,1H3. The van der Waals surface area contributed by atoms with Gasteiger partial charge in [-0.15, -0.1) is 0 Å². The van der Waals surface area contributed by atoms with Crippen molar-refractivity contribution in [3.8, 4) is 5.75 Å². The van der Waals surface area contributed by atoms with Crippen LogP contribution >= 0.6 is 0 Å². The summed E-state index contributed by atoms with van der Waals surface area (Å²) in [5, 5.41) is 3.64. The Balaban J connectivity index is 2.05. The number of hydrogen-bond acceptors (Lipinski definition) is 2. The SMILES string of the molecule is COc1ccc2c(c1)CC1CCC2N1. The molecule has 2 atom stereocenters. The largest absolute Gasteiger partial charge is 0.497 e. The molecule has 0 saturated carbocycles. The monoisotopic (exact) mass is 189 g/mol. The number of hydrogen-bond donors (Lipinski definition) is 1. The van der Waals surface area contributed by atoms with Crippen molar-refractivity contribution < 1.29 is 4.74 Å². The number of rotatable bonds is 1. The summed E-state index contributed by atoms with van der Waals surface area (Å²) in [7, 11) is 1.73. The lowest BCUT2D eigenvalue weighted by Crippen LogP contribution is -2.31. The lowest BCUT2D eigenvalue weighted by atomic mass is 9.95. The second-order valence-electron chi connectivity index (χ2n) is 4.26. The predicted octanol–water partition coefficient (Wildman–Crippen LogP) is 2.04. The number of nitrogens with one attached hydrogen (secondary N) is 1. The molecule has 2 heteroatoms. The van der Waals surface area contributed by atoms with E-state index >= 15 is 0 Å². The van der Waals surface area contributed by atoms with Crippen molar-refractivity contribution in [3.63, 3.8) is 0 Å². The quantitative estimate of drug-likeness (QED) is 0.730. The summed E-state index contributed by atoms with van der Waals surface area (Å²) < 4.78 is 5.25. The van der Waals surface area contributed by atoms with E-state index < -0.39 is 0 Å². The van der Waals surface area contributed by atoms with Crippen LogP contribution in [0.15, 0.2) is 18.2 Å². The first kappa shape index (κ1) is 8.30. The van der Waals surface area contributed by atoms with E-state index in [0.717, 1.165) is 5.75 Å². The summed E-state index contributed by atoms with van der Waals surface area (Å²) >= 11 is 0.